The van der Waals surface area contributed by atoms with Crippen molar-refractivity contribution in [2.24, 2.45) is 0 Å². The largest absolute Gasteiger partial charge is 0.371 e. The number of pyridine rings is 1. The first kappa shape index (κ1) is 13.8. The van der Waals surface area contributed by atoms with Crippen LogP contribution in [0.3, 0.4) is 0 Å². The highest BCUT2D eigenvalue weighted by atomic mass is 16.6. The van der Waals surface area contributed by atoms with Crippen LogP contribution in [-0.2, 0) is 0 Å². The fourth-order valence-electron chi connectivity index (χ4n) is 3.06. The number of aryl methyl sites for hydroxylation is 1. The molecule has 5 heteroatoms. The molecule has 0 amide bonds. The van der Waals surface area contributed by atoms with Crippen LogP contribution in [0.15, 0.2) is 24.3 Å². The molecule has 0 unspecified atom stereocenters. The van der Waals surface area contributed by atoms with Gasteiger partial charge in [-0.3, -0.25) is 10.1 Å². The lowest BCUT2D eigenvalue weighted by Gasteiger charge is -2.24. The van der Waals surface area contributed by atoms with Crippen molar-refractivity contribution in [2.45, 2.75) is 32.6 Å². The van der Waals surface area contributed by atoms with Crippen molar-refractivity contribution < 1.29 is 4.92 Å². The third-order valence-electron chi connectivity index (χ3n) is 4.07. The van der Waals surface area contributed by atoms with Gasteiger partial charge in [0, 0.05) is 35.9 Å². The second kappa shape index (κ2) is 5.68. The van der Waals surface area contributed by atoms with E-state index in [1.165, 1.54) is 31.7 Å². The highest BCUT2D eigenvalue weighted by Crippen LogP contribution is 2.33. The molecule has 0 spiro atoms. The molecule has 1 saturated heterocycles. The fraction of sp³-hybridized carbons (Fsp3) is 0.438. The Morgan fingerprint density at radius 3 is 2.57 bits per heavy atom. The van der Waals surface area contributed by atoms with Crippen LogP contribution in [0.1, 0.15) is 31.4 Å². The van der Waals surface area contributed by atoms with Crippen molar-refractivity contribution in [2.75, 3.05) is 18.0 Å². The number of nitro groups is 1. The van der Waals surface area contributed by atoms with Crippen LogP contribution >= 0.6 is 0 Å². The van der Waals surface area contributed by atoms with E-state index >= 15 is 0 Å². The molecular weight excluding hydrogens is 266 g/mol. The Labute approximate surface area is 123 Å². The second-order valence-electron chi connectivity index (χ2n) is 5.61. The Morgan fingerprint density at radius 1 is 1.19 bits per heavy atom. The van der Waals surface area contributed by atoms with Crippen LogP contribution in [-0.4, -0.2) is 23.0 Å². The number of para-hydroxylation sites is 1. The van der Waals surface area contributed by atoms with Gasteiger partial charge >= 0.3 is 0 Å². The normalized spacial score (nSPS) is 16.0. The van der Waals surface area contributed by atoms with Gasteiger partial charge in [0.25, 0.3) is 5.69 Å². The van der Waals surface area contributed by atoms with E-state index < -0.39 is 0 Å². The number of fused-ring (bicyclic) bond motifs is 1. The molecule has 2 heterocycles. The number of rotatable bonds is 2. The summed E-state index contributed by atoms with van der Waals surface area (Å²) in [4.78, 5) is 17.6. The van der Waals surface area contributed by atoms with Crippen molar-refractivity contribution >= 4 is 22.3 Å². The van der Waals surface area contributed by atoms with Crippen LogP contribution in [0.4, 0.5) is 11.4 Å². The maximum Gasteiger partial charge on any atom is 0.295 e. The Balaban J connectivity index is 2.17. The average Bonchev–Trinajstić information content (AvgIpc) is 2.74. The van der Waals surface area contributed by atoms with Gasteiger partial charge in [0.05, 0.1) is 4.92 Å². The van der Waals surface area contributed by atoms with Gasteiger partial charge in [0.2, 0.25) is 0 Å². The lowest BCUT2D eigenvalue weighted by molar-refractivity contribution is -0.383. The van der Waals surface area contributed by atoms with Gasteiger partial charge in [0.1, 0.15) is 0 Å². The topological polar surface area (TPSA) is 59.3 Å². The zero-order valence-corrected chi connectivity index (χ0v) is 12.2. The second-order valence-corrected chi connectivity index (χ2v) is 5.61. The lowest BCUT2D eigenvalue weighted by atomic mass is 10.1. The Kier molecular flexibility index (Phi) is 3.73. The van der Waals surface area contributed by atoms with Crippen LogP contribution in [0.5, 0.6) is 0 Å². The molecule has 1 aliphatic heterocycles. The molecular formula is C16H19N3O2. The van der Waals surface area contributed by atoms with Crippen molar-refractivity contribution in [3.8, 4) is 0 Å². The number of benzene rings is 1. The van der Waals surface area contributed by atoms with E-state index in [1.807, 2.05) is 13.0 Å². The average molecular weight is 285 g/mol. The highest BCUT2D eigenvalue weighted by Gasteiger charge is 2.19. The summed E-state index contributed by atoms with van der Waals surface area (Å²) in [6.45, 7) is 3.93. The van der Waals surface area contributed by atoms with Gasteiger partial charge in [-0.25, -0.2) is 4.98 Å². The Morgan fingerprint density at radius 2 is 1.90 bits per heavy atom. The minimum absolute atomic E-state index is 0.0901. The molecule has 1 aromatic carbocycles. The van der Waals surface area contributed by atoms with Crippen LogP contribution in [0.2, 0.25) is 0 Å². The molecule has 2 aromatic rings. The summed E-state index contributed by atoms with van der Waals surface area (Å²) in [6, 6.07) is 7.27. The van der Waals surface area contributed by atoms with Crippen molar-refractivity contribution in [1.29, 1.82) is 0 Å². The molecule has 5 nitrogen and oxygen atoms in total. The lowest BCUT2D eigenvalue weighted by Crippen LogP contribution is -2.24. The van der Waals surface area contributed by atoms with Crippen molar-refractivity contribution in [3.05, 3.63) is 40.1 Å². The summed E-state index contributed by atoms with van der Waals surface area (Å²) in [5.41, 5.74) is 2.51. The molecule has 0 bridgehead atoms. The van der Waals surface area contributed by atoms with Crippen LogP contribution in [0.25, 0.3) is 10.9 Å². The molecule has 1 aliphatic rings. The van der Waals surface area contributed by atoms with E-state index in [4.69, 9.17) is 0 Å². The third kappa shape index (κ3) is 2.68. The first-order valence-electron chi connectivity index (χ1n) is 7.46. The highest BCUT2D eigenvalue weighted by molar-refractivity contribution is 5.97. The summed E-state index contributed by atoms with van der Waals surface area (Å²) >= 11 is 0. The van der Waals surface area contributed by atoms with Crippen molar-refractivity contribution in [1.82, 2.24) is 4.98 Å². The number of nitro benzene ring substituents is 1. The fourth-order valence-corrected chi connectivity index (χ4v) is 3.06. The van der Waals surface area contributed by atoms with Crippen LogP contribution < -0.4 is 4.90 Å². The number of nitrogens with zero attached hydrogens (tertiary/aromatic N) is 3. The van der Waals surface area contributed by atoms with E-state index in [9.17, 15) is 10.1 Å². The zero-order valence-electron chi connectivity index (χ0n) is 12.2. The smallest absolute Gasteiger partial charge is 0.295 e. The summed E-state index contributed by atoms with van der Waals surface area (Å²) in [5, 5.41) is 12.1. The molecule has 0 N–H and O–H groups in total. The summed E-state index contributed by atoms with van der Waals surface area (Å²) in [5.74, 6) is 0. The Bertz CT molecular complexity index is 677. The molecule has 3 rings (SSSR count). The molecule has 21 heavy (non-hydrogen) atoms. The van der Waals surface area contributed by atoms with E-state index in [0.717, 1.165) is 29.9 Å². The molecule has 1 fully saturated rings. The predicted molar refractivity (Wildman–Crippen MR) is 83.8 cm³/mol. The van der Waals surface area contributed by atoms with E-state index in [2.05, 4.69) is 16.0 Å². The standard InChI is InChI=1S/C16H19N3O2/c1-12-11-15(18-9-4-2-3-5-10-18)13-7-6-8-14(19(20)21)16(13)17-12/h6-8,11H,2-5,9-10H2,1H3. The summed E-state index contributed by atoms with van der Waals surface area (Å²) in [6.07, 6.45) is 4.88. The third-order valence-corrected chi connectivity index (χ3v) is 4.07. The zero-order chi connectivity index (χ0) is 14.8. The molecule has 0 saturated carbocycles. The van der Waals surface area contributed by atoms with Gasteiger partial charge in [-0.1, -0.05) is 25.0 Å². The van der Waals surface area contributed by atoms with Crippen molar-refractivity contribution in [3.63, 3.8) is 0 Å². The van der Waals surface area contributed by atoms with E-state index in [-0.39, 0.29) is 10.6 Å². The van der Waals surface area contributed by atoms with Gasteiger partial charge in [0.15, 0.2) is 5.52 Å². The SMILES string of the molecule is Cc1cc(N2CCCCCC2)c2cccc([N+](=O)[O-])c2n1. The van der Waals surface area contributed by atoms with Gasteiger partial charge in [-0.05, 0) is 25.8 Å². The van der Waals surface area contributed by atoms with E-state index in [1.54, 1.807) is 6.07 Å². The number of hydrogen-bond acceptors (Lipinski definition) is 4. The first-order chi connectivity index (χ1) is 10.2. The maximum absolute atomic E-state index is 11.2. The van der Waals surface area contributed by atoms with E-state index in [0.29, 0.717) is 5.52 Å². The molecule has 0 radical (unpaired) electrons. The molecule has 0 atom stereocenters. The Hall–Kier alpha value is -2.17. The summed E-state index contributed by atoms with van der Waals surface area (Å²) < 4.78 is 0. The first-order valence-corrected chi connectivity index (χ1v) is 7.46. The molecule has 1 aromatic heterocycles. The minimum atomic E-state index is -0.346. The molecule has 0 aliphatic carbocycles. The maximum atomic E-state index is 11.2. The quantitative estimate of drug-likeness (QED) is 0.621. The van der Waals surface area contributed by atoms with Crippen LogP contribution in [0, 0.1) is 17.0 Å². The molecule has 110 valence electrons. The van der Waals surface area contributed by atoms with Gasteiger partial charge < -0.3 is 4.90 Å². The number of anilines is 1. The summed E-state index contributed by atoms with van der Waals surface area (Å²) in [7, 11) is 0. The van der Waals surface area contributed by atoms with Gasteiger partial charge in [-0.2, -0.15) is 0 Å². The minimum Gasteiger partial charge on any atom is -0.371 e. The predicted octanol–water partition coefficient (Wildman–Crippen LogP) is 3.83. The number of aromatic nitrogens is 1. The number of non-ortho nitro benzene ring substituents is 1. The van der Waals surface area contributed by atoms with Gasteiger partial charge in [-0.15, -0.1) is 0 Å². The monoisotopic (exact) mass is 285 g/mol. The number of hydrogen-bond donors (Lipinski definition) is 0.